The van der Waals surface area contributed by atoms with Crippen molar-refractivity contribution >= 4 is 27.5 Å². The lowest BCUT2D eigenvalue weighted by molar-refractivity contribution is 0.574. The fourth-order valence-corrected chi connectivity index (χ4v) is 2.36. The fourth-order valence-electron chi connectivity index (χ4n) is 1.79. The maximum atomic E-state index is 5.88. The summed E-state index contributed by atoms with van der Waals surface area (Å²) in [5.41, 5.74) is 2.51. The molecule has 0 bridgehead atoms. The monoisotopic (exact) mass is 323 g/mol. The first kappa shape index (κ1) is 13.6. The molecule has 2 aromatic carbocycles. The molecule has 2 aromatic rings. The van der Waals surface area contributed by atoms with Crippen LogP contribution in [0.3, 0.4) is 0 Å². The van der Waals surface area contributed by atoms with Gasteiger partial charge in [-0.25, -0.2) is 0 Å². The quantitative estimate of drug-likeness (QED) is 0.838. The Morgan fingerprint density at radius 3 is 2.56 bits per heavy atom. The van der Waals surface area contributed by atoms with E-state index in [-0.39, 0.29) is 0 Å². The average molecular weight is 325 g/mol. The van der Waals surface area contributed by atoms with Gasteiger partial charge < -0.3 is 5.32 Å². The Balaban J connectivity index is 1.96. The lowest BCUT2D eigenvalue weighted by Crippen LogP contribution is -2.17. The Labute approximate surface area is 121 Å². The van der Waals surface area contributed by atoms with E-state index in [1.54, 1.807) is 0 Å². The minimum Gasteiger partial charge on any atom is -0.306 e. The summed E-state index contributed by atoms with van der Waals surface area (Å²) < 4.78 is 1.11. The number of rotatable bonds is 4. The third-order valence-electron chi connectivity index (χ3n) is 2.87. The van der Waals surface area contributed by atoms with Gasteiger partial charge in [-0.1, -0.05) is 51.8 Å². The van der Waals surface area contributed by atoms with E-state index < -0.39 is 0 Å². The summed E-state index contributed by atoms with van der Waals surface area (Å²) in [5, 5.41) is 4.27. The molecule has 0 spiro atoms. The maximum Gasteiger partial charge on any atom is 0.0406 e. The van der Waals surface area contributed by atoms with Gasteiger partial charge in [-0.15, -0.1) is 0 Å². The van der Waals surface area contributed by atoms with E-state index in [1.807, 2.05) is 24.3 Å². The lowest BCUT2D eigenvalue weighted by atomic mass is 10.1. The van der Waals surface area contributed by atoms with Gasteiger partial charge in [-0.2, -0.15) is 0 Å². The van der Waals surface area contributed by atoms with E-state index in [1.165, 1.54) is 11.1 Å². The van der Waals surface area contributed by atoms with Gasteiger partial charge in [-0.05, 0) is 42.3 Å². The second kappa shape index (κ2) is 6.37. The second-order valence-electron chi connectivity index (χ2n) is 4.28. The van der Waals surface area contributed by atoms with Crippen molar-refractivity contribution in [2.45, 2.75) is 19.5 Å². The Kier molecular flexibility index (Phi) is 4.81. The molecule has 0 amide bonds. The van der Waals surface area contributed by atoms with Crippen molar-refractivity contribution in [2.24, 2.45) is 0 Å². The molecule has 0 aliphatic carbocycles. The van der Waals surface area contributed by atoms with Crippen molar-refractivity contribution in [3.8, 4) is 0 Å². The molecule has 0 radical (unpaired) electrons. The van der Waals surface area contributed by atoms with Crippen molar-refractivity contribution < 1.29 is 0 Å². The maximum absolute atomic E-state index is 5.88. The number of benzene rings is 2. The highest BCUT2D eigenvalue weighted by Crippen LogP contribution is 2.17. The molecule has 0 unspecified atom stereocenters. The van der Waals surface area contributed by atoms with E-state index in [0.717, 1.165) is 16.0 Å². The van der Waals surface area contributed by atoms with Gasteiger partial charge in [0.25, 0.3) is 0 Å². The summed E-state index contributed by atoms with van der Waals surface area (Å²) in [6.07, 6.45) is 0. The van der Waals surface area contributed by atoms with Crippen LogP contribution in [-0.2, 0) is 6.54 Å². The summed E-state index contributed by atoms with van der Waals surface area (Å²) in [4.78, 5) is 0. The highest BCUT2D eigenvalue weighted by molar-refractivity contribution is 9.10. The lowest BCUT2D eigenvalue weighted by Gasteiger charge is -2.14. The summed E-state index contributed by atoms with van der Waals surface area (Å²) in [5.74, 6) is 0. The largest absolute Gasteiger partial charge is 0.306 e. The standard InChI is InChI=1S/C15H15BrClN/c1-11(13-5-7-15(17)8-6-13)18-10-12-3-2-4-14(16)9-12/h2-9,11,18H,10H2,1H3/t11-/m1/s1. The normalized spacial score (nSPS) is 12.4. The Hall–Kier alpha value is -0.830. The third kappa shape index (κ3) is 3.84. The van der Waals surface area contributed by atoms with Crippen LogP contribution in [0.2, 0.25) is 5.02 Å². The molecule has 18 heavy (non-hydrogen) atoms. The molecule has 1 nitrogen and oxygen atoms in total. The Morgan fingerprint density at radius 2 is 1.89 bits per heavy atom. The van der Waals surface area contributed by atoms with Crippen LogP contribution in [-0.4, -0.2) is 0 Å². The Bertz CT molecular complexity index is 510. The second-order valence-corrected chi connectivity index (χ2v) is 5.64. The number of halogens is 2. The molecule has 2 rings (SSSR count). The SMILES string of the molecule is C[C@@H](NCc1cccc(Br)c1)c1ccc(Cl)cc1. The van der Waals surface area contributed by atoms with Crippen LogP contribution in [0.25, 0.3) is 0 Å². The first-order valence-electron chi connectivity index (χ1n) is 5.88. The topological polar surface area (TPSA) is 12.0 Å². The molecule has 0 heterocycles. The van der Waals surface area contributed by atoms with Gasteiger partial charge in [0.2, 0.25) is 0 Å². The molecular formula is C15H15BrClN. The van der Waals surface area contributed by atoms with E-state index in [0.29, 0.717) is 6.04 Å². The van der Waals surface area contributed by atoms with E-state index in [2.05, 4.69) is 52.4 Å². The zero-order valence-corrected chi connectivity index (χ0v) is 12.5. The van der Waals surface area contributed by atoms with Gasteiger partial charge in [0.15, 0.2) is 0 Å². The van der Waals surface area contributed by atoms with Crippen molar-refractivity contribution in [1.82, 2.24) is 5.32 Å². The first-order chi connectivity index (χ1) is 8.65. The molecule has 1 N–H and O–H groups in total. The fraction of sp³-hybridized carbons (Fsp3) is 0.200. The van der Waals surface area contributed by atoms with E-state index >= 15 is 0 Å². The van der Waals surface area contributed by atoms with Crippen LogP contribution in [0.5, 0.6) is 0 Å². The van der Waals surface area contributed by atoms with Crippen LogP contribution in [0.1, 0.15) is 24.1 Å². The van der Waals surface area contributed by atoms with Gasteiger partial charge >= 0.3 is 0 Å². The molecule has 0 aliphatic rings. The van der Waals surface area contributed by atoms with Gasteiger partial charge in [0, 0.05) is 22.1 Å². The molecule has 0 aromatic heterocycles. The smallest absolute Gasteiger partial charge is 0.0406 e. The average Bonchev–Trinajstić information content (AvgIpc) is 2.37. The van der Waals surface area contributed by atoms with Crippen LogP contribution >= 0.6 is 27.5 Å². The van der Waals surface area contributed by atoms with Gasteiger partial charge in [0.1, 0.15) is 0 Å². The molecular weight excluding hydrogens is 310 g/mol. The highest BCUT2D eigenvalue weighted by Gasteiger charge is 2.04. The highest BCUT2D eigenvalue weighted by atomic mass is 79.9. The van der Waals surface area contributed by atoms with Gasteiger partial charge in [0.05, 0.1) is 0 Å². The molecule has 0 fully saturated rings. The molecule has 0 saturated carbocycles. The van der Waals surface area contributed by atoms with Crippen molar-refractivity contribution in [1.29, 1.82) is 0 Å². The number of hydrogen-bond acceptors (Lipinski definition) is 1. The van der Waals surface area contributed by atoms with Crippen molar-refractivity contribution in [3.63, 3.8) is 0 Å². The zero-order valence-electron chi connectivity index (χ0n) is 10.2. The first-order valence-corrected chi connectivity index (χ1v) is 7.05. The van der Waals surface area contributed by atoms with Crippen LogP contribution in [0.15, 0.2) is 53.0 Å². The summed E-state index contributed by atoms with van der Waals surface area (Å²) in [7, 11) is 0. The Morgan fingerprint density at radius 1 is 1.17 bits per heavy atom. The van der Waals surface area contributed by atoms with Crippen LogP contribution in [0, 0.1) is 0 Å². The summed E-state index contributed by atoms with van der Waals surface area (Å²) in [6, 6.07) is 16.6. The van der Waals surface area contributed by atoms with Crippen LogP contribution < -0.4 is 5.32 Å². The van der Waals surface area contributed by atoms with E-state index in [4.69, 9.17) is 11.6 Å². The molecule has 1 atom stereocenters. The molecule has 3 heteroatoms. The van der Waals surface area contributed by atoms with Crippen molar-refractivity contribution in [3.05, 3.63) is 69.2 Å². The zero-order chi connectivity index (χ0) is 13.0. The minimum atomic E-state index is 0.307. The third-order valence-corrected chi connectivity index (χ3v) is 3.62. The van der Waals surface area contributed by atoms with E-state index in [9.17, 15) is 0 Å². The van der Waals surface area contributed by atoms with Crippen LogP contribution in [0.4, 0.5) is 0 Å². The molecule has 0 aliphatic heterocycles. The summed E-state index contributed by atoms with van der Waals surface area (Å²) >= 11 is 9.36. The minimum absolute atomic E-state index is 0.307. The summed E-state index contributed by atoms with van der Waals surface area (Å²) in [6.45, 7) is 3.00. The molecule has 94 valence electrons. The number of hydrogen-bond donors (Lipinski definition) is 1. The number of nitrogens with one attached hydrogen (secondary N) is 1. The van der Waals surface area contributed by atoms with Crippen molar-refractivity contribution in [2.75, 3.05) is 0 Å². The molecule has 0 saturated heterocycles. The van der Waals surface area contributed by atoms with Gasteiger partial charge in [-0.3, -0.25) is 0 Å². The predicted octanol–water partition coefficient (Wildman–Crippen LogP) is 4.95. The predicted molar refractivity (Wildman–Crippen MR) is 80.8 cm³/mol.